The van der Waals surface area contributed by atoms with Gasteiger partial charge in [-0.1, -0.05) is 6.92 Å². The third kappa shape index (κ3) is 5.83. The van der Waals surface area contributed by atoms with E-state index < -0.39 is 0 Å². The molecule has 3 heteroatoms. The lowest BCUT2D eigenvalue weighted by Crippen LogP contribution is -2.38. The van der Waals surface area contributed by atoms with Gasteiger partial charge in [-0.2, -0.15) is 0 Å². The van der Waals surface area contributed by atoms with Crippen LogP contribution in [0.25, 0.3) is 0 Å². The third-order valence-corrected chi connectivity index (χ3v) is 3.53. The summed E-state index contributed by atoms with van der Waals surface area (Å²) in [5.41, 5.74) is 6.13. The molecule has 3 nitrogen and oxygen atoms in total. The highest BCUT2D eigenvalue weighted by Crippen LogP contribution is 2.16. The van der Waals surface area contributed by atoms with Crippen molar-refractivity contribution in [1.82, 2.24) is 4.90 Å². The van der Waals surface area contributed by atoms with Gasteiger partial charge in [0.15, 0.2) is 0 Å². The molecule has 0 saturated carbocycles. The maximum atomic E-state index is 6.13. The van der Waals surface area contributed by atoms with Gasteiger partial charge in [0, 0.05) is 26.3 Å². The molecule has 1 saturated heterocycles. The summed E-state index contributed by atoms with van der Waals surface area (Å²) in [7, 11) is 1.75. The summed E-state index contributed by atoms with van der Waals surface area (Å²) in [5, 5.41) is 0. The topological polar surface area (TPSA) is 38.5 Å². The molecule has 1 aliphatic heterocycles. The van der Waals surface area contributed by atoms with Crippen molar-refractivity contribution in [1.29, 1.82) is 0 Å². The predicted molar refractivity (Wildman–Crippen MR) is 68.5 cm³/mol. The van der Waals surface area contributed by atoms with Gasteiger partial charge in [0.25, 0.3) is 0 Å². The second-order valence-corrected chi connectivity index (χ2v) is 5.23. The summed E-state index contributed by atoms with van der Waals surface area (Å²) < 4.78 is 5.05. The van der Waals surface area contributed by atoms with Gasteiger partial charge in [0.1, 0.15) is 0 Å². The van der Waals surface area contributed by atoms with E-state index in [4.69, 9.17) is 10.5 Å². The zero-order valence-corrected chi connectivity index (χ0v) is 11.0. The highest BCUT2D eigenvalue weighted by Gasteiger charge is 2.15. The Balaban J connectivity index is 2.14. The van der Waals surface area contributed by atoms with Crippen molar-refractivity contribution in [3.63, 3.8) is 0 Å². The van der Waals surface area contributed by atoms with E-state index in [0.717, 1.165) is 31.9 Å². The first kappa shape index (κ1) is 13.9. The summed E-state index contributed by atoms with van der Waals surface area (Å²) in [6.07, 6.45) is 6.23. The van der Waals surface area contributed by atoms with Crippen molar-refractivity contribution >= 4 is 0 Å². The van der Waals surface area contributed by atoms with E-state index in [2.05, 4.69) is 11.8 Å². The average molecular weight is 228 g/mol. The minimum absolute atomic E-state index is 0.323. The molecule has 0 aromatic heterocycles. The molecule has 16 heavy (non-hydrogen) atoms. The van der Waals surface area contributed by atoms with Gasteiger partial charge in [0.05, 0.1) is 0 Å². The number of nitrogens with two attached hydrogens (primary N) is 1. The summed E-state index contributed by atoms with van der Waals surface area (Å²) >= 11 is 0. The fourth-order valence-electron chi connectivity index (χ4n) is 2.42. The molecule has 0 aromatic rings. The van der Waals surface area contributed by atoms with E-state index in [1.807, 2.05) is 0 Å². The van der Waals surface area contributed by atoms with Gasteiger partial charge >= 0.3 is 0 Å². The second kappa shape index (κ2) is 8.04. The van der Waals surface area contributed by atoms with Crippen LogP contribution in [0.3, 0.4) is 0 Å². The Bertz CT molecular complexity index is 175. The van der Waals surface area contributed by atoms with Crippen molar-refractivity contribution in [2.45, 2.75) is 45.1 Å². The number of likely N-dealkylation sites (tertiary alicyclic amines) is 1. The number of hydrogen-bond acceptors (Lipinski definition) is 3. The molecule has 0 aliphatic carbocycles. The number of hydrogen-bond donors (Lipinski definition) is 1. The van der Waals surface area contributed by atoms with Gasteiger partial charge in [-0.15, -0.1) is 0 Å². The van der Waals surface area contributed by atoms with E-state index >= 15 is 0 Å². The zero-order valence-electron chi connectivity index (χ0n) is 11.0. The molecule has 1 heterocycles. The Labute approximate surface area is 100 Å². The van der Waals surface area contributed by atoms with Crippen LogP contribution in [-0.4, -0.2) is 44.3 Å². The van der Waals surface area contributed by atoms with E-state index in [-0.39, 0.29) is 0 Å². The van der Waals surface area contributed by atoms with Crippen LogP contribution in [0.4, 0.5) is 0 Å². The molecule has 2 atom stereocenters. The molecule has 0 aromatic carbocycles. The predicted octanol–water partition coefficient (Wildman–Crippen LogP) is 1.86. The van der Waals surface area contributed by atoms with Gasteiger partial charge < -0.3 is 15.4 Å². The quantitative estimate of drug-likeness (QED) is 0.705. The Morgan fingerprint density at radius 2 is 2.19 bits per heavy atom. The first-order chi connectivity index (χ1) is 7.72. The number of ether oxygens (including phenoxy) is 1. The average Bonchev–Trinajstić information content (AvgIpc) is 2.44. The second-order valence-electron chi connectivity index (χ2n) is 5.23. The van der Waals surface area contributed by atoms with Crippen LogP contribution in [0.15, 0.2) is 0 Å². The number of nitrogens with zero attached hydrogens (tertiary/aromatic N) is 1. The fourth-order valence-corrected chi connectivity index (χ4v) is 2.42. The van der Waals surface area contributed by atoms with Crippen molar-refractivity contribution < 1.29 is 4.74 Å². The zero-order chi connectivity index (χ0) is 11.8. The van der Waals surface area contributed by atoms with Crippen molar-refractivity contribution in [2.24, 2.45) is 11.7 Å². The molecule has 2 N–H and O–H groups in total. The van der Waals surface area contributed by atoms with Crippen molar-refractivity contribution in [3.05, 3.63) is 0 Å². The van der Waals surface area contributed by atoms with E-state index in [1.165, 1.54) is 32.4 Å². The molecule has 1 fully saturated rings. The molecule has 96 valence electrons. The summed E-state index contributed by atoms with van der Waals surface area (Å²) in [6, 6.07) is 0.323. The van der Waals surface area contributed by atoms with Crippen LogP contribution in [0.5, 0.6) is 0 Å². The lowest BCUT2D eigenvalue weighted by Gasteiger charge is -2.23. The van der Waals surface area contributed by atoms with Crippen LogP contribution < -0.4 is 5.73 Å². The lowest BCUT2D eigenvalue weighted by molar-refractivity contribution is 0.185. The Kier molecular flexibility index (Phi) is 7.01. The molecule has 2 unspecified atom stereocenters. The van der Waals surface area contributed by atoms with Crippen LogP contribution in [0.1, 0.15) is 39.0 Å². The Morgan fingerprint density at radius 1 is 1.38 bits per heavy atom. The monoisotopic (exact) mass is 228 g/mol. The minimum Gasteiger partial charge on any atom is -0.385 e. The molecule has 1 rings (SSSR count). The molecule has 0 bridgehead atoms. The largest absolute Gasteiger partial charge is 0.385 e. The highest BCUT2D eigenvalue weighted by atomic mass is 16.5. The highest BCUT2D eigenvalue weighted by molar-refractivity contribution is 4.72. The van der Waals surface area contributed by atoms with Gasteiger partial charge in [-0.3, -0.25) is 0 Å². The maximum Gasteiger partial charge on any atom is 0.0462 e. The summed E-state index contributed by atoms with van der Waals surface area (Å²) in [6.45, 7) is 6.74. The van der Waals surface area contributed by atoms with Crippen LogP contribution in [-0.2, 0) is 4.74 Å². The lowest BCUT2D eigenvalue weighted by atomic mass is 10.0. The van der Waals surface area contributed by atoms with Gasteiger partial charge in [-0.25, -0.2) is 0 Å². The van der Waals surface area contributed by atoms with E-state index in [9.17, 15) is 0 Å². The fraction of sp³-hybridized carbons (Fsp3) is 1.00. The molecule has 0 amide bonds. The standard InChI is InChI=1S/C13H28N2O/c1-12-5-3-8-15(9-7-12)11-13(14)6-4-10-16-2/h12-13H,3-11,14H2,1-2H3. The van der Waals surface area contributed by atoms with E-state index in [1.54, 1.807) is 7.11 Å². The third-order valence-electron chi connectivity index (χ3n) is 3.53. The molecular weight excluding hydrogens is 200 g/mol. The molecule has 1 aliphatic rings. The van der Waals surface area contributed by atoms with Crippen LogP contribution in [0, 0.1) is 5.92 Å². The first-order valence-corrected chi connectivity index (χ1v) is 6.69. The minimum atomic E-state index is 0.323. The summed E-state index contributed by atoms with van der Waals surface area (Å²) in [4.78, 5) is 2.54. The van der Waals surface area contributed by atoms with Gasteiger partial charge in [0.2, 0.25) is 0 Å². The van der Waals surface area contributed by atoms with Crippen LogP contribution in [0.2, 0.25) is 0 Å². The smallest absolute Gasteiger partial charge is 0.0462 e. The number of methoxy groups -OCH3 is 1. The summed E-state index contributed by atoms with van der Waals surface area (Å²) in [5.74, 6) is 0.898. The van der Waals surface area contributed by atoms with Crippen LogP contribution >= 0.6 is 0 Å². The Morgan fingerprint density at radius 3 is 2.94 bits per heavy atom. The normalized spacial score (nSPS) is 25.3. The number of rotatable bonds is 6. The molecule has 0 spiro atoms. The SMILES string of the molecule is COCCCC(N)CN1CCCC(C)CC1. The first-order valence-electron chi connectivity index (χ1n) is 6.69. The van der Waals surface area contributed by atoms with Crippen molar-refractivity contribution in [2.75, 3.05) is 33.4 Å². The Hall–Kier alpha value is -0.120. The maximum absolute atomic E-state index is 6.13. The molecular formula is C13H28N2O. The molecule has 0 radical (unpaired) electrons. The van der Waals surface area contributed by atoms with E-state index in [0.29, 0.717) is 6.04 Å². The van der Waals surface area contributed by atoms with Gasteiger partial charge in [-0.05, 0) is 51.1 Å². The van der Waals surface area contributed by atoms with Crippen molar-refractivity contribution in [3.8, 4) is 0 Å².